The van der Waals surface area contributed by atoms with Gasteiger partial charge in [-0.1, -0.05) is 31.2 Å². The number of aromatic nitrogens is 1. The van der Waals surface area contributed by atoms with Crippen LogP contribution in [0.25, 0.3) is 10.8 Å². The van der Waals surface area contributed by atoms with Gasteiger partial charge >= 0.3 is 6.03 Å². The number of amides is 3. The fourth-order valence-electron chi connectivity index (χ4n) is 3.55. The molecule has 7 nitrogen and oxygen atoms in total. The van der Waals surface area contributed by atoms with Crippen molar-refractivity contribution in [2.45, 2.75) is 19.9 Å². The number of urea groups is 1. The first-order chi connectivity index (χ1) is 13.6. The van der Waals surface area contributed by atoms with Crippen molar-refractivity contribution >= 4 is 69.6 Å². The fraction of sp³-hybridized carbons (Fsp3) is 0.250. The summed E-state index contributed by atoms with van der Waals surface area (Å²) in [7, 11) is 0. The first kappa shape index (κ1) is 23.9. The molecule has 10 heteroatoms. The van der Waals surface area contributed by atoms with Crippen LogP contribution in [0, 0.1) is 0 Å². The normalized spacial score (nSPS) is 13.0. The van der Waals surface area contributed by atoms with Gasteiger partial charge in [-0.2, -0.15) is 0 Å². The zero-order valence-corrected chi connectivity index (χ0v) is 18.8. The molecule has 0 bridgehead atoms. The van der Waals surface area contributed by atoms with E-state index in [1.165, 1.54) is 11.3 Å². The molecule has 30 heavy (non-hydrogen) atoms. The van der Waals surface area contributed by atoms with Gasteiger partial charge in [0.05, 0.1) is 17.4 Å². The quantitative estimate of drug-likeness (QED) is 0.533. The number of nitrogens with zero attached hydrogens (tertiary/aromatic N) is 2. The molecular weight excluding hydrogens is 445 g/mol. The van der Waals surface area contributed by atoms with Crippen molar-refractivity contribution in [1.29, 1.82) is 0 Å². The first-order valence-corrected chi connectivity index (χ1v) is 9.96. The Morgan fingerprint density at radius 3 is 2.70 bits per heavy atom. The number of thiophene rings is 1. The number of hydrogen-bond donors (Lipinski definition) is 3. The summed E-state index contributed by atoms with van der Waals surface area (Å²) in [6.45, 7) is 4.71. The molecular formula is C20H23Cl2N5O2S. The Morgan fingerprint density at radius 1 is 1.20 bits per heavy atom. The maximum atomic E-state index is 12.6. The predicted octanol–water partition coefficient (Wildman–Crippen LogP) is 4.26. The van der Waals surface area contributed by atoms with Gasteiger partial charge in [0.15, 0.2) is 0 Å². The van der Waals surface area contributed by atoms with E-state index in [-0.39, 0.29) is 24.8 Å². The van der Waals surface area contributed by atoms with Crippen LogP contribution < -0.4 is 16.4 Å². The van der Waals surface area contributed by atoms with Gasteiger partial charge in [0.1, 0.15) is 5.00 Å². The largest absolute Gasteiger partial charge is 0.365 e. The number of carbonyl (C=O) groups excluding carboxylic acids is 2. The lowest BCUT2D eigenvalue weighted by Crippen LogP contribution is -2.30. The highest BCUT2D eigenvalue weighted by molar-refractivity contribution is 7.17. The minimum Gasteiger partial charge on any atom is -0.365 e. The molecule has 0 radical (unpaired) electrons. The molecule has 0 fully saturated rings. The number of halogens is 2. The summed E-state index contributed by atoms with van der Waals surface area (Å²) in [6, 6.07) is 7.26. The Balaban J connectivity index is 0.00000160. The van der Waals surface area contributed by atoms with E-state index >= 15 is 0 Å². The van der Waals surface area contributed by atoms with Crippen LogP contribution in [0.4, 0.5) is 15.5 Å². The molecule has 1 aliphatic rings. The third-order valence-corrected chi connectivity index (χ3v) is 6.11. The van der Waals surface area contributed by atoms with Crippen molar-refractivity contribution < 1.29 is 9.59 Å². The van der Waals surface area contributed by atoms with Gasteiger partial charge in [-0.05, 0) is 18.5 Å². The Hall–Kier alpha value is -2.39. The Bertz CT molecular complexity index is 1070. The molecule has 4 rings (SSSR count). The third-order valence-electron chi connectivity index (χ3n) is 4.97. The van der Waals surface area contributed by atoms with E-state index in [4.69, 9.17) is 5.73 Å². The van der Waals surface area contributed by atoms with Gasteiger partial charge in [-0.25, -0.2) is 4.79 Å². The Morgan fingerprint density at radius 2 is 1.97 bits per heavy atom. The lowest BCUT2D eigenvalue weighted by Gasteiger charge is -2.25. The topological polar surface area (TPSA) is 100 Å². The molecule has 0 unspecified atom stereocenters. The van der Waals surface area contributed by atoms with Crippen molar-refractivity contribution in [3.8, 4) is 0 Å². The minimum absolute atomic E-state index is 0. The standard InChI is InChI=1S/C20H21N5O2S.2ClH/c1-2-25-8-7-14-16(11-25)28-19(17(14)18(21)26)24-20(27)23-15-10-22-9-12-5-3-4-6-13(12)15;;/h3-6,9-10H,2,7-8,11H2,1H3,(H2,21,26)(H2,23,24,27);2*1H. The van der Waals surface area contributed by atoms with Crippen LogP contribution in [0.2, 0.25) is 0 Å². The highest BCUT2D eigenvalue weighted by atomic mass is 35.5. The Labute approximate surface area is 190 Å². The van der Waals surface area contributed by atoms with Crippen LogP contribution in [-0.2, 0) is 13.0 Å². The highest BCUT2D eigenvalue weighted by Crippen LogP contribution is 2.37. The number of anilines is 2. The molecule has 2 aromatic heterocycles. The molecule has 160 valence electrons. The number of hydrogen-bond acceptors (Lipinski definition) is 5. The molecule has 0 saturated heterocycles. The molecule has 3 aromatic rings. The summed E-state index contributed by atoms with van der Waals surface area (Å²) in [6.07, 6.45) is 4.11. The number of nitrogens with two attached hydrogens (primary N) is 1. The number of likely N-dealkylation sites (N-methyl/N-ethyl adjacent to an activating group) is 1. The second-order valence-electron chi connectivity index (χ2n) is 6.68. The van der Waals surface area contributed by atoms with E-state index in [1.54, 1.807) is 12.4 Å². The predicted molar refractivity (Wildman–Crippen MR) is 126 cm³/mol. The SMILES string of the molecule is CCN1CCc2c(sc(NC(=O)Nc3cncc4ccccc34)c2C(N)=O)C1.Cl.Cl. The number of benzene rings is 1. The van der Waals surface area contributed by atoms with Gasteiger partial charge in [0.25, 0.3) is 5.91 Å². The van der Waals surface area contributed by atoms with Crippen molar-refractivity contribution in [1.82, 2.24) is 9.88 Å². The molecule has 0 atom stereocenters. The number of pyridine rings is 1. The fourth-order valence-corrected chi connectivity index (χ4v) is 4.84. The number of nitrogens with one attached hydrogen (secondary N) is 2. The number of rotatable bonds is 4. The van der Waals surface area contributed by atoms with E-state index in [1.807, 2.05) is 24.3 Å². The zero-order valence-electron chi connectivity index (χ0n) is 16.3. The summed E-state index contributed by atoms with van der Waals surface area (Å²) < 4.78 is 0. The van der Waals surface area contributed by atoms with Crippen molar-refractivity contribution in [3.05, 3.63) is 52.7 Å². The number of primary amides is 1. The summed E-state index contributed by atoms with van der Waals surface area (Å²) in [5.41, 5.74) is 7.63. The average molecular weight is 468 g/mol. The van der Waals surface area contributed by atoms with Crippen LogP contribution in [0.1, 0.15) is 27.7 Å². The Kier molecular flexibility index (Phi) is 8.03. The summed E-state index contributed by atoms with van der Waals surface area (Å²) in [5.74, 6) is -0.510. The van der Waals surface area contributed by atoms with Gasteiger partial charge in [0.2, 0.25) is 0 Å². The average Bonchev–Trinajstić information content (AvgIpc) is 3.05. The number of carbonyl (C=O) groups is 2. The molecule has 1 aromatic carbocycles. The maximum Gasteiger partial charge on any atom is 0.324 e. The number of fused-ring (bicyclic) bond motifs is 2. The summed E-state index contributed by atoms with van der Waals surface area (Å²) in [5, 5.41) is 7.98. The molecule has 1 aliphatic heterocycles. The molecule has 0 saturated carbocycles. The smallest absolute Gasteiger partial charge is 0.324 e. The van der Waals surface area contributed by atoms with E-state index < -0.39 is 11.9 Å². The minimum atomic E-state index is -0.510. The van der Waals surface area contributed by atoms with Crippen LogP contribution >= 0.6 is 36.2 Å². The molecule has 0 aliphatic carbocycles. The van der Waals surface area contributed by atoms with Gasteiger partial charge in [-0.15, -0.1) is 36.2 Å². The summed E-state index contributed by atoms with van der Waals surface area (Å²) >= 11 is 1.42. The van der Waals surface area contributed by atoms with Gasteiger partial charge < -0.3 is 11.1 Å². The second kappa shape index (κ2) is 10.1. The molecule has 3 heterocycles. The van der Waals surface area contributed by atoms with Gasteiger partial charge in [-0.3, -0.25) is 20.0 Å². The van der Waals surface area contributed by atoms with Crippen molar-refractivity contribution in [2.75, 3.05) is 23.7 Å². The second-order valence-corrected chi connectivity index (χ2v) is 7.78. The van der Waals surface area contributed by atoms with Crippen LogP contribution in [0.15, 0.2) is 36.7 Å². The van der Waals surface area contributed by atoms with E-state index in [0.717, 1.165) is 47.3 Å². The maximum absolute atomic E-state index is 12.6. The molecule has 4 N–H and O–H groups in total. The molecule has 0 spiro atoms. The van der Waals surface area contributed by atoms with E-state index in [0.29, 0.717) is 16.3 Å². The third kappa shape index (κ3) is 4.67. The van der Waals surface area contributed by atoms with Gasteiger partial charge in [0, 0.05) is 34.9 Å². The molecule has 3 amide bonds. The van der Waals surface area contributed by atoms with Crippen molar-refractivity contribution in [2.24, 2.45) is 5.73 Å². The lowest BCUT2D eigenvalue weighted by molar-refractivity contribution is 0.1000. The first-order valence-electron chi connectivity index (χ1n) is 9.14. The summed E-state index contributed by atoms with van der Waals surface area (Å²) in [4.78, 5) is 32.2. The van der Waals surface area contributed by atoms with E-state index in [2.05, 4.69) is 27.4 Å². The van der Waals surface area contributed by atoms with Crippen LogP contribution in [-0.4, -0.2) is 34.9 Å². The van der Waals surface area contributed by atoms with Crippen molar-refractivity contribution in [3.63, 3.8) is 0 Å². The zero-order chi connectivity index (χ0) is 19.7. The lowest BCUT2D eigenvalue weighted by atomic mass is 10.0. The van der Waals surface area contributed by atoms with E-state index in [9.17, 15) is 9.59 Å². The van der Waals surface area contributed by atoms with Crippen LogP contribution in [0.5, 0.6) is 0 Å². The monoisotopic (exact) mass is 467 g/mol. The highest BCUT2D eigenvalue weighted by Gasteiger charge is 2.27. The van der Waals surface area contributed by atoms with Crippen LogP contribution in [0.3, 0.4) is 0 Å².